The summed E-state index contributed by atoms with van der Waals surface area (Å²) in [7, 11) is -1.32. The number of nitrogens with zero attached hydrogens (tertiary/aromatic N) is 2. The fourth-order valence-electron chi connectivity index (χ4n) is 3.34. The highest BCUT2D eigenvalue weighted by molar-refractivity contribution is 8.00. The van der Waals surface area contributed by atoms with Crippen LogP contribution in [0.15, 0.2) is 4.99 Å². The monoisotopic (exact) mass is 362 g/mol. The Balaban J connectivity index is 1.83. The molecule has 0 unspecified atom stereocenters. The van der Waals surface area contributed by atoms with Crippen molar-refractivity contribution >= 4 is 27.7 Å². The molecule has 0 amide bonds. The first-order valence-corrected chi connectivity index (χ1v) is 11.2. The van der Waals surface area contributed by atoms with Crippen LogP contribution in [0.25, 0.3) is 0 Å². The van der Waals surface area contributed by atoms with E-state index in [0.29, 0.717) is 17.8 Å². The highest BCUT2D eigenvalue weighted by Gasteiger charge is 2.38. The fourth-order valence-corrected chi connectivity index (χ4v) is 5.53. The Hall–Kier alpha value is -0.470. The molecule has 1 spiro atoms. The first-order chi connectivity index (χ1) is 11.0. The Morgan fingerprint density at radius 3 is 2.65 bits per heavy atom. The van der Waals surface area contributed by atoms with Gasteiger partial charge in [-0.2, -0.15) is 11.8 Å². The Morgan fingerprint density at radius 2 is 2.00 bits per heavy atom. The lowest BCUT2D eigenvalue weighted by atomic mass is 9.87. The Kier molecular flexibility index (Phi) is 7.03. The van der Waals surface area contributed by atoms with Crippen molar-refractivity contribution in [2.75, 3.05) is 44.7 Å². The van der Waals surface area contributed by atoms with E-state index in [9.17, 15) is 8.42 Å². The molecule has 1 aliphatic heterocycles. The molecule has 0 aromatic carbocycles. The summed E-state index contributed by atoms with van der Waals surface area (Å²) in [6, 6.07) is 0. The predicted octanol–water partition coefficient (Wildman–Crippen LogP) is 1.25. The van der Waals surface area contributed by atoms with Crippen LogP contribution in [0.3, 0.4) is 0 Å². The molecular formula is C15H30N4O2S2. The maximum absolute atomic E-state index is 11.4. The summed E-state index contributed by atoms with van der Waals surface area (Å²) in [6.07, 6.45) is 6.66. The summed E-state index contributed by atoms with van der Waals surface area (Å²) in [5.41, 5.74) is 0. The van der Waals surface area contributed by atoms with Gasteiger partial charge in [0.15, 0.2) is 5.96 Å². The van der Waals surface area contributed by atoms with E-state index in [-0.39, 0.29) is 5.75 Å². The second-order valence-corrected chi connectivity index (χ2v) is 9.94. The van der Waals surface area contributed by atoms with Gasteiger partial charge in [0.25, 0.3) is 0 Å². The van der Waals surface area contributed by atoms with E-state index in [4.69, 9.17) is 0 Å². The molecule has 6 nitrogen and oxygen atoms in total. The molecule has 134 valence electrons. The van der Waals surface area contributed by atoms with Crippen LogP contribution >= 0.6 is 11.8 Å². The smallest absolute Gasteiger partial charge is 0.211 e. The minimum absolute atomic E-state index is 0.119. The molecular weight excluding hydrogens is 332 g/mol. The number of aliphatic imine (C=N–C) groups is 1. The van der Waals surface area contributed by atoms with Gasteiger partial charge in [-0.15, -0.1) is 0 Å². The Labute approximate surface area is 144 Å². The molecule has 2 N–H and O–H groups in total. The van der Waals surface area contributed by atoms with Gasteiger partial charge in [0.2, 0.25) is 10.0 Å². The van der Waals surface area contributed by atoms with Gasteiger partial charge in [-0.25, -0.2) is 13.1 Å². The molecule has 0 radical (unpaired) electrons. The molecule has 1 heterocycles. The summed E-state index contributed by atoms with van der Waals surface area (Å²) in [5.74, 6) is 2.16. The zero-order chi connectivity index (χ0) is 16.8. The lowest BCUT2D eigenvalue weighted by Gasteiger charge is -2.45. The van der Waals surface area contributed by atoms with Crippen molar-refractivity contribution in [3.8, 4) is 0 Å². The molecule has 8 heteroatoms. The standard InChI is InChI=1S/C15H30N4O2S2/c1-3-23(20,21)18-10-9-17-14(16-2)19-11-12-22-15(13-19)7-5-4-6-8-15/h18H,3-13H2,1-2H3,(H,16,17). The number of guanidine groups is 1. The van der Waals surface area contributed by atoms with E-state index < -0.39 is 10.0 Å². The van der Waals surface area contributed by atoms with Crippen molar-refractivity contribution < 1.29 is 8.42 Å². The van der Waals surface area contributed by atoms with E-state index >= 15 is 0 Å². The van der Waals surface area contributed by atoms with E-state index in [1.807, 2.05) is 0 Å². The highest BCUT2D eigenvalue weighted by atomic mass is 32.2. The van der Waals surface area contributed by atoms with Crippen LogP contribution in [0.4, 0.5) is 0 Å². The van der Waals surface area contributed by atoms with Gasteiger partial charge in [-0.1, -0.05) is 19.3 Å². The van der Waals surface area contributed by atoms with Crippen LogP contribution in [0.2, 0.25) is 0 Å². The molecule has 2 aliphatic rings. The second-order valence-electron chi connectivity index (χ2n) is 6.29. The van der Waals surface area contributed by atoms with Gasteiger partial charge >= 0.3 is 0 Å². The molecule has 1 aliphatic carbocycles. The van der Waals surface area contributed by atoms with Crippen molar-refractivity contribution in [1.29, 1.82) is 0 Å². The normalized spacial score (nSPS) is 22.3. The maximum atomic E-state index is 11.4. The molecule has 2 rings (SSSR count). The van der Waals surface area contributed by atoms with Crippen LogP contribution < -0.4 is 10.0 Å². The van der Waals surface area contributed by atoms with Crippen LogP contribution in [0, 0.1) is 0 Å². The molecule has 0 aromatic rings. The largest absolute Gasteiger partial charge is 0.355 e. The van der Waals surface area contributed by atoms with E-state index in [1.165, 1.54) is 32.1 Å². The summed E-state index contributed by atoms with van der Waals surface area (Å²) in [6.45, 7) is 4.65. The molecule has 23 heavy (non-hydrogen) atoms. The van der Waals surface area contributed by atoms with E-state index in [1.54, 1.807) is 14.0 Å². The summed E-state index contributed by atoms with van der Waals surface area (Å²) in [5, 5.41) is 3.30. The van der Waals surface area contributed by atoms with Crippen LogP contribution in [-0.2, 0) is 10.0 Å². The molecule has 1 saturated carbocycles. The van der Waals surface area contributed by atoms with Crippen molar-refractivity contribution in [1.82, 2.24) is 14.9 Å². The van der Waals surface area contributed by atoms with Gasteiger partial charge in [-0.05, 0) is 19.8 Å². The van der Waals surface area contributed by atoms with Gasteiger partial charge < -0.3 is 10.2 Å². The fraction of sp³-hybridized carbons (Fsp3) is 0.933. The van der Waals surface area contributed by atoms with Crippen LogP contribution in [0.5, 0.6) is 0 Å². The average molecular weight is 363 g/mol. The number of hydrogen-bond acceptors (Lipinski definition) is 4. The number of sulfonamides is 1. The van der Waals surface area contributed by atoms with Crippen molar-refractivity contribution in [2.24, 2.45) is 4.99 Å². The van der Waals surface area contributed by atoms with Gasteiger partial charge in [0, 0.05) is 43.7 Å². The highest BCUT2D eigenvalue weighted by Crippen LogP contribution is 2.42. The molecule has 1 saturated heterocycles. The summed E-state index contributed by atoms with van der Waals surface area (Å²) in [4.78, 5) is 6.73. The van der Waals surface area contributed by atoms with Gasteiger partial charge in [0.05, 0.1) is 5.75 Å². The lowest BCUT2D eigenvalue weighted by Crippen LogP contribution is -2.54. The van der Waals surface area contributed by atoms with Crippen molar-refractivity contribution in [2.45, 2.75) is 43.8 Å². The van der Waals surface area contributed by atoms with Crippen LogP contribution in [-0.4, -0.2) is 68.8 Å². The average Bonchev–Trinajstić information content (AvgIpc) is 2.55. The summed E-state index contributed by atoms with van der Waals surface area (Å²) >= 11 is 2.14. The molecule has 0 bridgehead atoms. The van der Waals surface area contributed by atoms with Gasteiger partial charge in [0.1, 0.15) is 0 Å². The molecule has 0 atom stereocenters. The number of nitrogens with one attached hydrogen (secondary N) is 2. The van der Waals surface area contributed by atoms with Crippen LogP contribution in [0.1, 0.15) is 39.0 Å². The SMILES string of the molecule is CCS(=O)(=O)NCCNC(=NC)N1CCSC2(CCCCC2)C1. The predicted molar refractivity (Wildman–Crippen MR) is 98.7 cm³/mol. The lowest BCUT2D eigenvalue weighted by molar-refractivity contribution is 0.293. The summed E-state index contributed by atoms with van der Waals surface area (Å²) < 4.78 is 25.9. The first kappa shape index (κ1) is 18.9. The number of thioether (sulfide) groups is 1. The Bertz CT molecular complexity index is 496. The Morgan fingerprint density at radius 1 is 1.26 bits per heavy atom. The second kappa shape index (κ2) is 8.58. The zero-order valence-corrected chi connectivity index (χ0v) is 15.9. The van der Waals surface area contributed by atoms with E-state index in [0.717, 1.165) is 24.8 Å². The van der Waals surface area contributed by atoms with Crippen molar-refractivity contribution in [3.63, 3.8) is 0 Å². The first-order valence-electron chi connectivity index (χ1n) is 8.57. The number of hydrogen-bond donors (Lipinski definition) is 2. The maximum Gasteiger partial charge on any atom is 0.211 e. The third-order valence-corrected chi connectivity index (χ3v) is 7.58. The third kappa shape index (κ3) is 5.53. The molecule has 0 aromatic heterocycles. The third-order valence-electron chi connectivity index (χ3n) is 4.63. The minimum Gasteiger partial charge on any atom is -0.355 e. The minimum atomic E-state index is -3.12. The van der Waals surface area contributed by atoms with Gasteiger partial charge in [-0.3, -0.25) is 4.99 Å². The zero-order valence-electron chi connectivity index (χ0n) is 14.3. The quantitative estimate of drug-likeness (QED) is 0.437. The molecule has 2 fully saturated rings. The number of rotatable bonds is 5. The van der Waals surface area contributed by atoms with E-state index in [2.05, 4.69) is 31.7 Å². The van der Waals surface area contributed by atoms with Crippen molar-refractivity contribution in [3.05, 3.63) is 0 Å². The topological polar surface area (TPSA) is 73.8 Å².